The van der Waals surface area contributed by atoms with E-state index in [2.05, 4.69) is 25.8 Å². The number of hydrogen-bond donors (Lipinski definition) is 1. The average Bonchev–Trinajstić information content (AvgIpc) is 3.49. The molecular formula is C27H34N2O5S. The van der Waals surface area contributed by atoms with Crippen LogP contribution in [0.3, 0.4) is 0 Å². The minimum absolute atomic E-state index is 0.00518. The van der Waals surface area contributed by atoms with Crippen LogP contribution in [-0.2, 0) is 15.0 Å². The van der Waals surface area contributed by atoms with Crippen molar-refractivity contribution in [2.45, 2.75) is 70.9 Å². The predicted octanol–water partition coefficient (Wildman–Crippen LogP) is 5.11. The highest BCUT2D eigenvalue weighted by Crippen LogP contribution is 2.59. The van der Waals surface area contributed by atoms with Crippen LogP contribution >= 0.6 is 11.3 Å². The Bertz CT molecular complexity index is 1140. The summed E-state index contributed by atoms with van der Waals surface area (Å²) in [4.78, 5) is 46.5. The van der Waals surface area contributed by atoms with Crippen molar-refractivity contribution in [3.8, 4) is 5.75 Å². The second kappa shape index (κ2) is 9.04. The number of thiazole rings is 1. The van der Waals surface area contributed by atoms with Crippen LogP contribution in [0.4, 0.5) is 0 Å². The maximum atomic E-state index is 14.3. The van der Waals surface area contributed by atoms with Gasteiger partial charge in [-0.2, -0.15) is 0 Å². The number of nitrogens with zero attached hydrogens (tertiary/aromatic N) is 2. The molecule has 1 N–H and O–H groups in total. The molecule has 4 atom stereocenters. The van der Waals surface area contributed by atoms with Crippen LogP contribution in [-0.4, -0.2) is 45.3 Å². The second-order valence-corrected chi connectivity index (χ2v) is 12.0. The molecule has 1 unspecified atom stereocenters. The lowest BCUT2D eigenvalue weighted by molar-refractivity contribution is -0.152. The predicted molar refractivity (Wildman–Crippen MR) is 134 cm³/mol. The lowest BCUT2D eigenvalue weighted by Crippen LogP contribution is -2.57. The van der Waals surface area contributed by atoms with E-state index in [1.807, 2.05) is 19.9 Å². The van der Waals surface area contributed by atoms with Gasteiger partial charge in [-0.1, -0.05) is 40.7 Å². The molecule has 1 amide bonds. The van der Waals surface area contributed by atoms with Crippen LogP contribution in [0.1, 0.15) is 80.9 Å². The summed E-state index contributed by atoms with van der Waals surface area (Å²) in [5.41, 5.74) is -0.393. The van der Waals surface area contributed by atoms with Crippen LogP contribution in [0.2, 0.25) is 0 Å². The number of methoxy groups -OCH3 is 1. The van der Waals surface area contributed by atoms with Crippen molar-refractivity contribution in [3.05, 3.63) is 45.9 Å². The Labute approximate surface area is 210 Å². The molecule has 7 nitrogen and oxygen atoms in total. The van der Waals surface area contributed by atoms with Gasteiger partial charge in [-0.15, -0.1) is 11.3 Å². The molecule has 0 spiro atoms. The van der Waals surface area contributed by atoms with Gasteiger partial charge in [0.1, 0.15) is 22.1 Å². The van der Waals surface area contributed by atoms with E-state index in [0.29, 0.717) is 29.2 Å². The van der Waals surface area contributed by atoms with E-state index >= 15 is 0 Å². The number of likely N-dealkylation sites (tertiary alicyclic amines) is 1. The lowest BCUT2D eigenvalue weighted by atomic mass is 9.75. The highest BCUT2D eigenvalue weighted by atomic mass is 32.1. The summed E-state index contributed by atoms with van der Waals surface area (Å²) in [5.74, 6) is -1.89. The first-order valence-electron chi connectivity index (χ1n) is 12.1. The maximum Gasteiger partial charge on any atom is 0.329 e. The number of rotatable bonds is 6. The van der Waals surface area contributed by atoms with Crippen LogP contribution in [0, 0.1) is 17.8 Å². The number of ether oxygens (including phenoxy) is 1. The number of ketones is 1. The number of benzene rings is 1. The number of Topliss-reactive ketones (excluding diaryl/α,β-unsaturated/α-hetero) is 1. The van der Waals surface area contributed by atoms with Crippen molar-refractivity contribution < 1.29 is 24.2 Å². The zero-order valence-corrected chi connectivity index (χ0v) is 22.0. The summed E-state index contributed by atoms with van der Waals surface area (Å²) in [6.07, 6.45) is 2.70. The molecule has 0 radical (unpaired) electrons. The van der Waals surface area contributed by atoms with Crippen molar-refractivity contribution in [1.82, 2.24) is 9.88 Å². The fourth-order valence-electron chi connectivity index (χ4n) is 6.14. The summed E-state index contributed by atoms with van der Waals surface area (Å²) in [5, 5.41) is 13.1. The van der Waals surface area contributed by atoms with Gasteiger partial charge < -0.3 is 14.7 Å². The molecule has 188 valence electrons. The zero-order chi connectivity index (χ0) is 25.7. The highest BCUT2D eigenvalue weighted by Gasteiger charge is 2.68. The number of amides is 1. The maximum absolute atomic E-state index is 14.3. The van der Waals surface area contributed by atoms with Crippen molar-refractivity contribution in [1.29, 1.82) is 0 Å². The molecule has 1 saturated heterocycles. The third-order valence-corrected chi connectivity index (χ3v) is 8.28. The Kier molecular flexibility index (Phi) is 6.55. The van der Waals surface area contributed by atoms with Gasteiger partial charge >= 0.3 is 5.97 Å². The number of hydrogen-bond acceptors (Lipinski definition) is 6. The Balaban J connectivity index is 1.93. The van der Waals surface area contributed by atoms with Gasteiger partial charge in [-0.3, -0.25) is 9.59 Å². The molecule has 1 aromatic carbocycles. The van der Waals surface area contributed by atoms with Crippen molar-refractivity contribution in [2.24, 2.45) is 17.8 Å². The van der Waals surface area contributed by atoms with Gasteiger partial charge in [-0.25, -0.2) is 9.78 Å². The minimum atomic E-state index is -1.49. The van der Waals surface area contributed by atoms with Crippen LogP contribution in [0.25, 0.3) is 0 Å². The van der Waals surface area contributed by atoms with Crippen LogP contribution in [0.15, 0.2) is 29.8 Å². The molecule has 1 saturated carbocycles. The van der Waals surface area contributed by atoms with Gasteiger partial charge in [0.2, 0.25) is 0 Å². The summed E-state index contributed by atoms with van der Waals surface area (Å²) >= 11 is 1.36. The summed E-state index contributed by atoms with van der Waals surface area (Å²) in [6.45, 7) is 10.1. The minimum Gasteiger partial charge on any atom is -0.496 e. The molecule has 1 aromatic heterocycles. The van der Waals surface area contributed by atoms with Crippen molar-refractivity contribution in [3.63, 3.8) is 0 Å². The number of carboxylic acid groups (broad SMARTS) is 1. The molecule has 35 heavy (non-hydrogen) atoms. The van der Waals surface area contributed by atoms with Gasteiger partial charge in [0, 0.05) is 29.5 Å². The highest BCUT2D eigenvalue weighted by molar-refractivity contribution is 7.09. The molecule has 4 rings (SSSR count). The fourth-order valence-corrected chi connectivity index (χ4v) is 6.92. The fraction of sp³-hybridized carbons (Fsp3) is 0.556. The lowest BCUT2D eigenvalue weighted by Gasteiger charge is -2.41. The molecule has 8 heteroatoms. The first-order chi connectivity index (χ1) is 16.4. The molecular weight excluding hydrogens is 464 g/mol. The SMILES string of the molecule is COc1cc(C(=O)N2[C@@H](c3nccs3)[C@H]3C(=O)CCC3[C@@]2(CC(C)C)C(=O)O)ccc1C(C)(C)C. The number of carboxylic acids is 1. The Hall–Kier alpha value is -2.74. The van der Waals surface area contributed by atoms with E-state index in [1.165, 1.54) is 16.2 Å². The van der Waals surface area contributed by atoms with Gasteiger partial charge in [-0.05, 0) is 41.9 Å². The summed E-state index contributed by atoms with van der Waals surface area (Å²) < 4.78 is 5.63. The molecule has 0 bridgehead atoms. The van der Waals surface area contributed by atoms with E-state index in [-0.39, 0.29) is 23.5 Å². The third kappa shape index (κ3) is 4.05. The number of aliphatic carboxylic acids is 1. The first kappa shape index (κ1) is 25.4. The topological polar surface area (TPSA) is 96.8 Å². The van der Waals surface area contributed by atoms with E-state index in [0.717, 1.165) is 5.56 Å². The van der Waals surface area contributed by atoms with Crippen molar-refractivity contribution >= 4 is 29.0 Å². The smallest absolute Gasteiger partial charge is 0.329 e. The Morgan fingerprint density at radius 2 is 2.03 bits per heavy atom. The normalized spacial score (nSPS) is 26.3. The second-order valence-electron chi connectivity index (χ2n) is 11.1. The number of aromatic nitrogens is 1. The van der Waals surface area contributed by atoms with Gasteiger partial charge in [0.05, 0.1) is 19.1 Å². The Morgan fingerprint density at radius 3 is 2.57 bits per heavy atom. The molecule has 2 heterocycles. The Morgan fingerprint density at radius 1 is 1.31 bits per heavy atom. The molecule has 1 aliphatic carbocycles. The van der Waals surface area contributed by atoms with E-state index in [9.17, 15) is 19.5 Å². The van der Waals surface area contributed by atoms with E-state index in [1.54, 1.807) is 30.8 Å². The molecule has 2 fully saturated rings. The molecule has 2 aliphatic rings. The molecule has 2 aromatic rings. The number of fused-ring (bicyclic) bond motifs is 1. The number of carbonyl (C=O) groups is 3. The largest absolute Gasteiger partial charge is 0.496 e. The van der Waals surface area contributed by atoms with Gasteiger partial charge in [0.25, 0.3) is 5.91 Å². The monoisotopic (exact) mass is 498 g/mol. The average molecular weight is 499 g/mol. The zero-order valence-electron chi connectivity index (χ0n) is 21.2. The quantitative estimate of drug-likeness (QED) is 0.594. The van der Waals surface area contributed by atoms with Crippen molar-refractivity contribution in [2.75, 3.05) is 7.11 Å². The summed E-state index contributed by atoms with van der Waals surface area (Å²) in [7, 11) is 1.57. The standard InChI is InChI=1S/C27H34N2O5S/c1-15(2)14-27(25(32)33)18-9-10-19(30)21(18)22(23-28-11-12-35-23)29(27)24(31)16-7-8-17(26(3,4)5)20(13-16)34-6/h7-8,11-13,15,18,21-22H,9-10,14H2,1-6H3,(H,32,33)/t18?,21-,22-,27+/m1/s1. The number of carbonyl (C=O) groups excluding carboxylic acids is 2. The van der Waals surface area contributed by atoms with E-state index < -0.39 is 35.3 Å². The third-order valence-electron chi connectivity index (χ3n) is 7.44. The first-order valence-corrected chi connectivity index (χ1v) is 13.0. The van der Waals surface area contributed by atoms with E-state index in [4.69, 9.17) is 4.74 Å². The summed E-state index contributed by atoms with van der Waals surface area (Å²) in [6, 6.07) is 4.60. The molecule has 1 aliphatic heterocycles. The van der Waals surface area contributed by atoms with Gasteiger partial charge in [0.15, 0.2) is 0 Å². The van der Waals surface area contributed by atoms with Crippen LogP contribution in [0.5, 0.6) is 5.75 Å². The van der Waals surface area contributed by atoms with Crippen LogP contribution < -0.4 is 4.74 Å².